The first-order chi connectivity index (χ1) is 17.8. The molecule has 0 radical (unpaired) electrons. The maximum Gasteiger partial charge on any atom is 0.220 e. The van der Waals surface area contributed by atoms with Crippen LogP contribution in [0.4, 0.5) is 4.39 Å². The van der Waals surface area contributed by atoms with E-state index in [1.165, 1.54) is 17.8 Å². The van der Waals surface area contributed by atoms with E-state index in [1.54, 1.807) is 61.1 Å². The van der Waals surface area contributed by atoms with Crippen molar-refractivity contribution in [1.82, 2.24) is 14.8 Å². The Kier molecular flexibility index (Phi) is 8.52. The van der Waals surface area contributed by atoms with Crippen LogP contribution in [0.25, 0.3) is 5.69 Å². The fourth-order valence-electron chi connectivity index (χ4n) is 3.59. The number of hydrogen-bond donors (Lipinski definition) is 0. The fraction of sp³-hybridized carbons (Fsp3) is 0.200. The van der Waals surface area contributed by atoms with E-state index in [2.05, 4.69) is 10.2 Å². The molecule has 0 aliphatic heterocycles. The van der Waals surface area contributed by atoms with Crippen molar-refractivity contribution in [2.75, 3.05) is 13.7 Å². The van der Waals surface area contributed by atoms with Crippen molar-refractivity contribution < 1.29 is 18.8 Å². The molecular weight excluding hydrogens is 542 g/mol. The molecular formula is C25H21Cl2FN4O4S. The van der Waals surface area contributed by atoms with Gasteiger partial charge in [-0.3, -0.25) is 14.7 Å². The van der Waals surface area contributed by atoms with Gasteiger partial charge in [-0.1, -0.05) is 53.2 Å². The summed E-state index contributed by atoms with van der Waals surface area (Å²) in [6, 6.07) is 16.6. The molecule has 37 heavy (non-hydrogen) atoms. The van der Waals surface area contributed by atoms with Gasteiger partial charge in [-0.2, -0.15) is 0 Å². The van der Waals surface area contributed by atoms with Gasteiger partial charge in [0.25, 0.3) is 0 Å². The van der Waals surface area contributed by atoms with Crippen LogP contribution in [-0.2, 0) is 6.61 Å². The number of ether oxygens (including phenoxy) is 2. The number of nitrogens with zero attached hydrogens (tertiary/aromatic N) is 4. The normalized spacial score (nSPS) is 11.8. The summed E-state index contributed by atoms with van der Waals surface area (Å²) in [6.07, 6.45) is 0. The topological polar surface area (TPSA) is 92.3 Å². The highest BCUT2D eigenvalue weighted by Crippen LogP contribution is 2.42. The molecule has 3 aromatic carbocycles. The molecule has 12 heteroatoms. The van der Waals surface area contributed by atoms with E-state index in [0.29, 0.717) is 27.9 Å². The van der Waals surface area contributed by atoms with Crippen LogP contribution in [0, 0.1) is 22.9 Å². The maximum atomic E-state index is 14.0. The molecule has 0 aliphatic rings. The Morgan fingerprint density at radius 2 is 1.78 bits per heavy atom. The first kappa shape index (κ1) is 26.7. The minimum absolute atomic E-state index is 0.0806. The Balaban J connectivity index is 1.62. The first-order valence-electron chi connectivity index (χ1n) is 11.0. The minimum Gasteiger partial charge on any atom is -0.497 e. The van der Waals surface area contributed by atoms with Crippen molar-refractivity contribution in [1.29, 1.82) is 0 Å². The molecule has 0 spiro atoms. The van der Waals surface area contributed by atoms with E-state index in [4.69, 9.17) is 32.7 Å². The molecule has 0 bridgehead atoms. The van der Waals surface area contributed by atoms with Crippen LogP contribution >= 0.6 is 35.0 Å². The molecule has 0 aliphatic carbocycles. The number of hydrogen-bond acceptors (Lipinski definition) is 7. The monoisotopic (exact) mass is 562 g/mol. The van der Waals surface area contributed by atoms with Crippen LogP contribution in [0.15, 0.2) is 65.8 Å². The summed E-state index contributed by atoms with van der Waals surface area (Å²) in [7, 11) is 1.58. The molecule has 8 nitrogen and oxygen atoms in total. The fourth-order valence-corrected chi connectivity index (χ4v) is 5.36. The summed E-state index contributed by atoms with van der Waals surface area (Å²) >= 11 is 14.1. The summed E-state index contributed by atoms with van der Waals surface area (Å²) in [4.78, 5) is 11.1. The number of benzene rings is 3. The second-order valence-corrected chi connectivity index (χ2v) is 9.86. The number of aryl methyl sites for hydroxylation is 1. The van der Waals surface area contributed by atoms with Gasteiger partial charge in [-0.25, -0.2) is 4.39 Å². The SMILES string of the molecule is COc1ccc(-n2c(C)nnc2S[C@H](C[N+](=O)[O-])c2cc(Cl)c(OCc3ccccc3F)c(Cl)c2)cc1. The predicted octanol–water partition coefficient (Wildman–Crippen LogP) is 6.72. The minimum atomic E-state index is -0.689. The van der Waals surface area contributed by atoms with E-state index >= 15 is 0 Å². The number of methoxy groups -OCH3 is 1. The van der Waals surface area contributed by atoms with Crippen molar-refractivity contribution in [3.8, 4) is 17.2 Å². The quantitative estimate of drug-likeness (QED) is 0.120. The van der Waals surface area contributed by atoms with E-state index in [0.717, 1.165) is 5.69 Å². The first-order valence-corrected chi connectivity index (χ1v) is 12.6. The summed E-state index contributed by atoms with van der Waals surface area (Å²) in [5.41, 5.74) is 1.63. The Morgan fingerprint density at radius 1 is 1.11 bits per heavy atom. The van der Waals surface area contributed by atoms with Gasteiger partial charge in [0.05, 0.1) is 17.2 Å². The lowest BCUT2D eigenvalue weighted by Gasteiger charge is -2.17. The van der Waals surface area contributed by atoms with E-state index < -0.39 is 22.5 Å². The average Bonchev–Trinajstić information content (AvgIpc) is 3.23. The largest absolute Gasteiger partial charge is 0.497 e. The van der Waals surface area contributed by atoms with E-state index in [-0.39, 0.29) is 22.4 Å². The summed E-state index contributed by atoms with van der Waals surface area (Å²) in [5, 5.41) is 20.0. The highest BCUT2D eigenvalue weighted by atomic mass is 35.5. The van der Waals surface area contributed by atoms with Gasteiger partial charge in [0.15, 0.2) is 10.9 Å². The van der Waals surface area contributed by atoms with Crippen LogP contribution in [0.5, 0.6) is 11.5 Å². The maximum absolute atomic E-state index is 14.0. The van der Waals surface area contributed by atoms with Gasteiger partial charge >= 0.3 is 0 Å². The third-order valence-corrected chi connectivity index (χ3v) is 7.15. The number of nitro groups is 1. The van der Waals surface area contributed by atoms with Gasteiger partial charge in [0.1, 0.15) is 29.2 Å². The lowest BCUT2D eigenvalue weighted by Crippen LogP contribution is -2.11. The van der Waals surface area contributed by atoms with Gasteiger partial charge < -0.3 is 9.47 Å². The van der Waals surface area contributed by atoms with Crippen molar-refractivity contribution in [3.63, 3.8) is 0 Å². The summed E-state index contributed by atoms with van der Waals surface area (Å²) in [5.74, 6) is 1.06. The van der Waals surface area contributed by atoms with Crippen LogP contribution in [0.2, 0.25) is 10.0 Å². The Hall–Kier alpha value is -3.34. The van der Waals surface area contributed by atoms with Gasteiger partial charge in [0.2, 0.25) is 6.54 Å². The molecule has 1 heterocycles. The number of halogens is 3. The zero-order valence-electron chi connectivity index (χ0n) is 19.7. The molecule has 0 N–H and O–H groups in total. The number of rotatable bonds is 10. The van der Waals surface area contributed by atoms with Crippen molar-refractivity contribution in [2.24, 2.45) is 0 Å². The standard InChI is InChI=1S/C25H21Cl2FN4O4S/c1-15-29-30-25(32(15)18-7-9-19(35-2)10-8-18)37-23(13-31(33)34)17-11-20(26)24(21(27)12-17)36-14-16-5-3-4-6-22(16)28/h3-12,23H,13-14H2,1-2H3/t23-/m1/s1. The van der Waals surface area contributed by atoms with Crippen LogP contribution < -0.4 is 9.47 Å². The van der Waals surface area contributed by atoms with Crippen LogP contribution in [0.1, 0.15) is 22.2 Å². The molecule has 1 atom stereocenters. The van der Waals surface area contributed by atoms with Gasteiger partial charge in [-0.05, 0) is 55.0 Å². The molecule has 192 valence electrons. The third kappa shape index (κ3) is 6.33. The Labute approximate surface area is 226 Å². The molecule has 0 amide bonds. The Bertz CT molecular complexity index is 1400. The molecule has 4 aromatic rings. The Morgan fingerprint density at radius 3 is 2.41 bits per heavy atom. The lowest BCUT2D eigenvalue weighted by molar-refractivity contribution is -0.479. The average molecular weight is 563 g/mol. The predicted molar refractivity (Wildman–Crippen MR) is 140 cm³/mol. The van der Waals surface area contributed by atoms with Crippen molar-refractivity contribution in [3.05, 3.63) is 104 Å². The smallest absolute Gasteiger partial charge is 0.220 e. The highest BCUT2D eigenvalue weighted by molar-refractivity contribution is 7.99. The van der Waals surface area contributed by atoms with Crippen LogP contribution in [-0.4, -0.2) is 33.3 Å². The second-order valence-electron chi connectivity index (χ2n) is 7.88. The van der Waals surface area contributed by atoms with Gasteiger partial charge in [-0.15, -0.1) is 10.2 Å². The molecule has 1 aromatic heterocycles. The van der Waals surface area contributed by atoms with Crippen molar-refractivity contribution in [2.45, 2.75) is 23.9 Å². The molecule has 0 fully saturated rings. The zero-order valence-corrected chi connectivity index (χ0v) is 22.1. The number of aromatic nitrogens is 3. The lowest BCUT2D eigenvalue weighted by atomic mass is 10.1. The third-order valence-electron chi connectivity index (χ3n) is 5.41. The van der Waals surface area contributed by atoms with E-state index in [9.17, 15) is 14.5 Å². The highest BCUT2D eigenvalue weighted by Gasteiger charge is 2.26. The molecule has 0 saturated carbocycles. The zero-order chi connectivity index (χ0) is 26.5. The second kappa shape index (κ2) is 11.8. The summed E-state index contributed by atoms with van der Waals surface area (Å²) < 4.78 is 26.7. The van der Waals surface area contributed by atoms with Crippen molar-refractivity contribution >= 4 is 35.0 Å². The molecule has 0 unspecified atom stereocenters. The summed E-state index contributed by atoms with van der Waals surface area (Å²) in [6.45, 7) is 1.29. The van der Waals surface area contributed by atoms with Crippen LogP contribution in [0.3, 0.4) is 0 Å². The molecule has 0 saturated heterocycles. The molecule has 4 rings (SSSR count). The van der Waals surface area contributed by atoms with Gasteiger partial charge in [0, 0.05) is 16.2 Å². The van der Waals surface area contributed by atoms with E-state index in [1.807, 2.05) is 12.1 Å². The number of thioether (sulfide) groups is 1.